The first-order chi connectivity index (χ1) is 7.97. The van der Waals surface area contributed by atoms with Crippen LogP contribution in [-0.4, -0.2) is 19.3 Å². The quantitative estimate of drug-likeness (QED) is 0.744. The normalized spacial score (nSPS) is 21.3. The fraction of sp³-hybridized carbons (Fsp3) is 0.600. The lowest BCUT2D eigenvalue weighted by Crippen LogP contribution is -2.11. The van der Waals surface area contributed by atoms with Gasteiger partial charge < -0.3 is 9.47 Å². The molecular weight excluding hydrogens is 212 g/mol. The number of hydrogen-bond donors (Lipinski definition) is 0. The summed E-state index contributed by atoms with van der Waals surface area (Å²) in [6.07, 6.45) is 0.486. The van der Waals surface area contributed by atoms with Gasteiger partial charge in [0, 0.05) is 0 Å². The highest BCUT2D eigenvalue weighted by Gasteiger charge is 2.23. The Morgan fingerprint density at radius 1 is 1.29 bits per heavy atom. The monoisotopic (exact) mass is 234 g/mol. The SMILES string of the molecule is C[C@@H](OC[C@@H]1CO1)c1ccc(C(C)(C)C)cc1. The lowest BCUT2D eigenvalue weighted by molar-refractivity contribution is 0.0539. The molecule has 1 aliphatic rings. The van der Waals surface area contributed by atoms with Crippen molar-refractivity contribution in [3.63, 3.8) is 0 Å². The van der Waals surface area contributed by atoms with Crippen molar-refractivity contribution >= 4 is 0 Å². The smallest absolute Gasteiger partial charge is 0.104 e. The number of epoxide rings is 1. The minimum atomic E-state index is 0.146. The molecule has 2 heteroatoms. The standard InChI is InChI=1S/C15H22O2/c1-11(16-9-14-10-17-14)12-5-7-13(8-6-12)15(2,3)4/h5-8,11,14H,9-10H2,1-4H3/t11-,14-/m1/s1. The fourth-order valence-corrected chi connectivity index (χ4v) is 1.77. The summed E-state index contributed by atoms with van der Waals surface area (Å²) in [7, 11) is 0. The van der Waals surface area contributed by atoms with Crippen LogP contribution >= 0.6 is 0 Å². The summed E-state index contributed by atoms with van der Waals surface area (Å²) < 4.78 is 10.9. The van der Waals surface area contributed by atoms with Gasteiger partial charge in [0.05, 0.1) is 19.3 Å². The first-order valence-corrected chi connectivity index (χ1v) is 6.30. The number of rotatable bonds is 4. The third kappa shape index (κ3) is 3.55. The molecule has 1 aromatic carbocycles. The van der Waals surface area contributed by atoms with Crippen LogP contribution in [-0.2, 0) is 14.9 Å². The van der Waals surface area contributed by atoms with Crippen LogP contribution in [0.15, 0.2) is 24.3 Å². The molecule has 0 spiro atoms. The van der Waals surface area contributed by atoms with E-state index in [1.807, 2.05) is 0 Å². The van der Waals surface area contributed by atoms with E-state index < -0.39 is 0 Å². The van der Waals surface area contributed by atoms with E-state index in [0.29, 0.717) is 12.7 Å². The van der Waals surface area contributed by atoms with Crippen LogP contribution in [0.5, 0.6) is 0 Å². The molecule has 0 unspecified atom stereocenters. The Morgan fingerprint density at radius 3 is 2.35 bits per heavy atom. The molecule has 1 heterocycles. The number of benzene rings is 1. The summed E-state index contributed by atoms with van der Waals surface area (Å²) in [4.78, 5) is 0. The van der Waals surface area contributed by atoms with Crippen LogP contribution in [0.25, 0.3) is 0 Å². The average Bonchev–Trinajstić information content (AvgIpc) is 3.09. The zero-order valence-electron chi connectivity index (χ0n) is 11.2. The fourth-order valence-electron chi connectivity index (χ4n) is 1.77. The van der Waals surface area contributed by atoms with Crippen molar-refractivity contribution in [3.05, 3.63) is 35.4 Å². The maximum Gasteiger partial charge on any atom is 0.104 e. The van der Waals surface area contributed by atoms with Crippen molar-refractivity contribution in [1.82, 2.24) is 0 Å². The van der Waals surface area contributed by atoms with Gasteiger partial charge in [-0.1, -0.05) is 45.0 Å². The molecule has 94 valence electrons. The van der Waals surface area contributed by atoms with Gasteiger partial charge in [-0.25, -0.2) is 0 Å². The Balaban J connectivity index is 1.96. The largest absolute Gasteiger partial charge is 0.371 e. The maximum absolute atomic E-state index is 5.75. The zero-order valence-corrected chi connectivity index (χ0v) is 11.2. The maximum atomic E-state index is 5.75. The molecule has 0 saturated carbocycles. The Kier molecular flexibility index (Phi) is 3.55. The van der Waals surface area contributed by atoms with Gasteiger partial charge in [-0.2, -0.15) is 0 Å². The molecule has 2 atom stereocenters. The summed E-state index contributed by atoms with van der Waals surface area (Å²) >= 11 is 0. The van der Waals surface area contributed by atoms with Crippen molar-refractivity contribution in [2.45, 2.75) is 45.3 Å². The molecule has 17 heavy (non-hydrogen) atoms. The molecule has 1 aromatic rings. The molecule has 0 amide bonds. The minimum Gasteiger partial charge on any atom is -0.371 e. The zero-order chi connectivity index (χ0) is 12.5. The summed E-state index contributed by atoms with van der Waals surface area (Å²) in [6.45, 7) is 10.3. The van der Waals surface area contributed by atoms with Gasteiger partial charge in [0.2, 0.25) is 0 Å². The molecule has 0 aromatic heterocycles. The second-order valence-corrected chi connectivity index (χ2v) is 5.80. The van der Waals surface area contributed by atoms with E-state index >= 15 is 0 Å². The Labute approximate surface area is 104 Å². The second kappa shape index (κ2) is 4.79. The molecule has 1 fully saturated rings. The van der Waals surface area contributed by atoms with Crippen LogP contribution in [0.2, 0.25) is 0 Å². The molecule has 0 N–H and O–H groups in total. The molecule has 2 nitrogen and oxygen atoms in total. The van der Waals surface area contributed by atoms with E-state index in [0.717, 1.165) is 6.61 Å². The van der Waals surface area contributed by atoms with Crippen LogP contribution in [0.4, 0.5) is 0 Å². The highest BCUT2D eigenvalue weighted by molar-refractivity contribution is 5.28. The summed E-state index contributed by atoms with van der Waals surface area (Å²) in [5, 5.41) is 0. The van der Waals surface area contributed by atoms with Gasteiger partial charge in [-0.3, -0.25) is 0 Å². The third-order valence-corrected chi connectivity index (χ3v) is 3.18. The summed E-state index contributed by atoms with van der Waals surface area (Å²) in [5.41, 5.74) is 2.81. The molecule has 1 aliphatic heterocycles. The third-order valence-electron chi connectivity index (χ3n) is 3.18. The molecular formula is C15H22O2. The van der Waals surface area contributed by atoms with E-state index in [1.165, 1.54) is 11.1 Å². The predicted octanol–water partition coefficient (Wildman–Crippen LogP) is 3.46. The Bertz CT molecular complexity index is 358. The Morgan fingerprint density at radius 2 is 1.88 bits per heavy atom. The highest BCUT2D eigenvalue weighted by Crippen LogP contribution is 2.25. The van der Waals surface area contributed by atoms with Gasteiger partial charge in [0.25, 0.3) is 0 Å². The topological polar surface area (TPSA) is 21.8 Å². The molecule has 1 saturated heterocycles. The van der Waals surface area contributed by atoms with E-state index in [2.05, 4.69) is 52.0 Å². The predicted molar refractivity (Wildman–Crippen MR) is 69.2 cm³/mol. The first kappa shape index (κ1) is 12.6. The van der Waals surface area contributed by atoms with Crippen molar-refractivity contribution in [2.75, 3.05) is 13.2 Å². The lowest BCUT2D eigenvalue weighted by Gasteiger charge is -2.20. The lowest BCUT2D eigenvalue weighted by atomic mass is 9.86. The molecule has 0 radical (unpaired) electrons. The number of ether oxygens (including phenoxy) is 2. The molecule has 0 aliphatic carbocycles. The van der Waals surface area contributed by atoms with Crippen molar-refractivity contribution in [2.24, 2.45) is 0 Å². The van der Waals surface area contributed by atoms with Crippen LogP contribution in [0, 0.1) is 0 Å². The molecule has 0 bridgehead atoms. The highest BCUT2D eigenvalue weighted by atomic mass is 16.6. The Hall–Kier alpha value is -0.860. The van der Waals surface area contributed by atoms with Gasteiger partial charge in [0.1, 0.15) is 6.10 Å². The summed E-state index contributed by atoms with van der Waals surface area (Å²) in [6, 6.07) is 8.73. The summed E-state index contributed by atoms with van der Waals surface area (Å²) in [5.74, 6) is 0. The van der Waals surface area contributed by atoms with E-state index in [1.54, 1.807) is 0 Å². The second-order valence-electron chi connectivity index (χ2n) is 5.80. The van der Waals surface area contributed by atoms with Gasteiger partial charge in [-0.05, 0) is 23.5 Å². The van der Waals surface area contributed by atoms with Crippen LogP contribution in [0.3, 0.4) is 0 Å². The molecule has 2 rings (SSSR count). The first-order valence-electron chi connectivity index (χ1n) is 6.30. The van der Waals surface area contributed by atoms with E-state index in [-0.39, 0.29) is 11.5 Å². The van der Waals surface area contributed by atoms with Crippen LogP contribution in [0.1, 0.15) is 44.9 Å². The van der Waals surface area contributed by atoms with Crippen LogP contribution < -0.4 is 0 Å². The average molecular weight is 234 g/mol. The minimum absolute atomic E-state index is 0.146. The van der Waals surface area contributed by atoms with Crippen molar-refractivity contribution < 1.29 is 9.47 Å². The van der Waals surface area contributed by atoms with E-state index in [9.17, 15) is 0 Å². The van der Waals surface area contributed by atoms with E-state index in [4.69, 9.17) is 9.47 Å². The van der Waals surface area contributed by atoms with Crippen molar-refractivity contribution in [3.8, 4) is 0 Å². The number of hydrogen-bond acceptors (Lipinski definition) is 2. The van der Waals surface area contributed by atoms with Gasteiger partial charge >= 0.3 is 0 Å². The van der Waals surface area contributed by atoms with Gasteiger partial charge in [-0.15, -0.1) is 0 Å². The van der Waals surface area contributed by atoms with Gasteiger partial charge in [0.15, 0.2) is 0 Å². The van der Waals surface area contributed by atoms with Crippen molar-refractivity contribution in [1.29, 1.82) is 0 Å².